The first-order valence-electron chi connectivity index (χ1n) is 6.90. The van der Waals surface area contributed by atoms with Gasteiger partial charge in [0.05, 0.1) is 0 Å². The summed E-state index contributed by atoms with van der Waals surface area (Å²) >= 11 is 0. The second kappa shape index (κ2) is 6.55. The summed E-state index contributed by atoms with van der Waals surface area (Å²) in [6.45, 7) is 9.87. The standard InChI is InChI=1S/C14H24F6O2/c1-8(2)7-12(6,11(3,4)5)10(21)22-9(13(15,16)17)14(18,19)20/h8-10,21H,7H2,1-6H3. The molecule has 0 saturated heterocycles. The first-order valence-corrected chi connectivity index (χ1v) is 6.90. The van der Waals surface area contributed by atoms with Gasteiger partial charge >= 0.3 is 12.4 Å². The highest BCUT2D eigenvalue weighted by atomic mass is 19.4. The van der Waals surface area contributed by atoms with Crippen LogP contribution in [0.2, 0.25) is 0 Å². The predicted molar refractivity (Wildman–Crippen MR) is 70.0 cm³/mol. The van der Waals surface area contributed by atoms with Gasteiger partial charge in [0, 0.05) is 5.41 Å². The number of hydrogen-bond donors (Lipinski definition) is 1. The Morgan fingerprint density at radius 1 is 0.864 bits per heavy atom. The Hall–Kier alpha value is -0.500. The average molecular weight is 338 g/mol. The minimum Gasteiger partial charge on any atom is -0.367 e. The molecule has 0 aliphatic rings. The van der Waals surface area contributed by atoms with E-state index in [1.165, 1.54) is 6.92 Å². The Morgan fingerprint density at radius 2 is 1.23 bits per heavy atom. The van der Waals surface area contributed by atoms with Crippen molar-refractivity contribution in [3.63, 3.8) is 0 Å². The van der Waals surface area contributed by atoms with Gasteiger partial charge in [-0.2, -0.15) is 26.3 Å². The van der Waals surface area contributed by atoms with Crippen molar-refractivity contribution >= 4 is 0 Å². The highest BCUT2D eigenvalue weighted by molar-refractivity contribution is 4.91. The molecule has 0 aliphatic heterocycles. The lowest BCUT2D eigenvalue weighted by Crippen LogP contribution is -2.53. The average Bonchev–Trinajstić information content (AvgIpc) is 2.19. The quantitative estimate of drug-likeness (QED) is 0.570. The van der Waals surface area contributed by atoms with Crippen molar-refractivity contribution in [2.75, 3.05) is 0 Å². The number of hydrogen-bond acceptors (Lipinski definition) is 2. The van der Waals surface area contributed by atoms with Crippen LogP contribution in [0.3, 0.4) is 0 Å². The third-order valence-electron chi connectivity index (χ3n) is 3.95. The summed E-state index contributed by atoms with van der Waals surface area (Å²) < 4.78 is 79.5. The monoisotopic (exact) mass is 338 g/mol. The molecule has 0 radical (unpaired) electrons. The zero-order valence-electron chi connectivity index (χ0n) is 13.6. The Labute approximate surface area is 126 Å². The van der Waals surface area contributed by atoms with E-state index in [2.05, 4.69) is 4.74 Å². The van der Waals surface area contributed by atoms with Gasteiger partial charge in [0.15, 0.2) is 6.29 Å². The van der Waals surface area contributed by atoms with Crippen LogP contribution >= 0.6 is 0 Å². The molecule has 0 aromatic carbocycles. The van der Waals surface area contributed by atoms with Crippen molar-refractivity contribution in [1.82, 2.24) is 0 Å². The lowest BCUT2D eigenvalue weighted by atomic mass is 9.63. The minimum absolute atomic E-state index is 0.0438. The molecule has 8 heteroatoms. The maximum absolute atomic E-state index is 12.6. The normalized spacial score (nSPS) is 18.7. The first-order chi connectivity index (χ1) is 9.43. The molecule has 0 amide bonds. The summed E-state index contributed by atoms with van der Waals surface area (Å²) in [4.78, 5) is 0. The predicted octanol–water partition coefficient (Wildman–Crippen LogP) is 4.91. The SMILES string of the molecule is CC(C)CC(C)(C(O)OC(C(F)(F)F)C(F)(F)F)C(C)(C)C. The molecule has 2 unspecified atom stereocenters. The van der Waals surface area contributed by atoms with E-state index in [1.54, 1.807) is 34.6 Å². The fraction of sp³-hybridized carbons (Fsp3) is 1.00. The number of aliphatic hydroxyl groups is 1. The molecule has 2 nitrogen and oxygen atoms in total. The first kappa shape index (κ1) is 21.5. The molecule has 0 aromatic heterocycles. The van der Waals surface area contributed by atoms with Crippen LogP contribution in [0.25, 0.3) is 0 Å². The lowest BCUT2D eigenvalue weighted by Gasteiger charge is -2.47. The fourth-order valence-electron chi connectivity index (χ4n) is 2.24. The maximum Gasteiger partial charge on any atom is 0.423 e. The van der Waals surface area contributed by atoms with Crippen molar-refractivity contribution in [2.24, 2.45) is 16.7 Å². The van der Waals surface area contributed by atoms with Gasteiger partial charge < -0.3 is 9.84 Å². The van der Waals surface area contributed by atoms with Gasteiger partial charge in [-0.15, -0.1) is 0 Å². The summed E-state index contributed by atoms with van der Waals surface area (Å²) in [6.07, 6.45) is -17.3. The molecular weight excluding hydrogens is 314 g/mol. The van der Waals surface area contributed by atoms with E-state index in [-0.39, 0.29) is 12.3 Å². The smallest absolute Gasteiger partial charge is 0.367 e. The van der Waals surface area contributed by atoms with Crippen molar-refractivity contribution in [3.8, 4) is 0 Å². The maximum atomic E-state index is 12.6. The van der Waals surface area contributed by atoms with Crippen molar-refractivity contribution in [3.05, 3.63) is 0 Å². The Bertz CT molecular complexity index is 342. The second-order valence-electron chi connectivity index (χ2n) is 7.22. The van der Waals surface area contributed by atoms with Gasteiger partial charge in [-0.25, -0.2) is 0 Å². The van der Waals surface area contributed by atoms with Crippen molar-refractivity contribution < 1.29 is 36.2 Å². The van der Waals surface area contributed by atoms with E-state index < -0.39 is 35.6 Å². The summed E-state index contributed by atoms with van der Waals surface area (Å²) in [5, 5.41) is 10.0. The molecule has 0 spiro atoms. The molecule has 0 bridgehead atoms. The molecule has 1 N–H and O–H groups in total. The molecule has 0 aliphatic carbocycles. The zero-order valence-corrected chi connectivity index (χ0v) is 13.6. The van der Waals surface area contributed by atoms with Gasteiger partial charge in [-0.3, -0.25) is 0 Å². The van der Waals surface area contributed by atoms with E-state index in [4.69, 9.17) is 0 Å². The summed E-state index contributed by atoms with van der Waals surface area (Å²) in [5.74, 6) is -0.0438. The molecule has 22 heavy (non-hydrogen) atoms. The summed E-state index contributed by atoms with van der Waals surface area (Å²) in [5.41, 5.74) is -2.05. The van der Waals surface area contributed by atoms with Crippen LogP contribution < -0.4 is 0 Å². The van der Waals surface area contributed by atoms with E-state index in [0.717, 1.165) is 0 Å². The third-order valence-corrected chi connectivity index (χ3v) is 3.95. The molecular formula is C14H24F6O2. The largest absolute Gasteiger partial charge is 0.423 e. The van der Waals surface area contributed by atoms with Gasteiger partial charge in [0.2, 0.25) is 0 Å². The van der Waals surface area contributed by atoms with Gasteiger partial charge in [-0.1, -0.05) is 41.5 Å². The molecule has 134 valence electrons. The van der Waals surface area contributed by atoms with E-state index in [1.807, 2.05) is 0 Å². The Balaban J connectivity index is 5.54. The van der Waals surface area contributed by atoms with Crippen LogP contribution in [-0.2, 0) is 4.74 Å². The molecule has 0 fully saturated rings. The topological polar surface area (TPSA) is 29.5 Å². The van der Waals surface area contributed by atoms with Crippen LogP contribution in [0, 0.1) is 16.7 Å². The van der Waals surface area contributed by atoms with Crippen molar-refractivity contribution in [2.45, 2.75) is 72.7 Å². The zero-order chi connectivity index (χ0) is 18.1. The van der Waals surface area contributed by atoms with E-state index >= 15 is 0 Å². The Kier molecular flexibility index (Phi) is 6.40. The van der Waals surface area contributed by atoms with Gasteiger partial charge in [-0.05, 0) is 17.8 Å². The molecule has 0 heterocycles. The van der Waals surface area contributed by atoms with Crippen molar-refractivity contribution in [1.29, 1.82) is 0 Å². The molecule has 2 atom stereocenters. The number of aliphatic hydroxyl groups excluding tert-OH is 1. The number of rotatable bonds is 5. The van der Waals surface area contributed by atoms with Crippen LogP contribution in [0.15, 0.2) is 0 Å². The molecule has 0 saturated carbocycles. The van der Waals surface area contributed by atoms with Crippen LogP contribution in [-0.4, -0.2) is 29.9 Å². The van der Waals surface area contributed by atoms with Crippen LogP contribution in [0.4, 0.5) is 26.3 Å². The van der Waals surface area contributed by atoms with Crippen LogP contribution in [0.5, 0.6) is 0 Å². The number of halogens is 6. The summed E-state index contributed by atoms with van der Waals surface area (Å²) in [6, 6.07) is 0. The molecule has 0 aromatic rings. The Morgan fingerprint density at radius 3 is 1.45 bits per heavy atom. The number of alkyl halides is 6. The highest BCUT2D eigenvalue weighted by Gasteiger charge is 2.60. The van der Waals surface area contributed by atoms with Crippen LogP contribution in [0.1, 0.15) is 48.0 Å². The minimum atomic E-state index is -5.64. The van der Waals surface area contributed by atoms with E-state index in [9.17, 15) is 31.4 Å². The van der Waals surface area contributed by atoms with Gasteiger partial charge in [0.1, 0.15) is 0 Å². The van der Waals surface area contributed by atoms with E-state index in [0.29, 0.717) is 0 Å². The summed E-state index contributed by atoms with van der Waals surface area (Å²) in [7, 11) is 0. The lowest BCUT2D eigenvalue weighted by molar-refractivity contribution is -0.366. The number of ether oxygens (including phenoxy) is 1. The van der Waals surface area contributed by atoms with Gasteiger partial charge in [0.25, 0.3) is 6.10 Å². The molecule has 0 rings (SSSR count). The third kappa shape index (κ3) is 5.30. The fourth-order valence-corrected chi connectivity index (χ4v) is 2.24. The second-order valence-corrected chi connectivity index (χ2v) is 7.22. The highest BCUT2D eigenvalue weighted by Crippen LogP contribution is 2.48.